The van der Waals surface area contributed by atoms with E-state index in [4.69, 9.17) is 9.47 Å². The Balaban J connectivity index is 0.00000480. The summed E-state index contributed by atoms with van der Waals surface area (Å²) in [4.78, 5) is 18.0. The summed E-state index contributed by atoms with van der Waals surface area (Å²) < 4.78 is 47.3. The number of piperidine rings is 1. The summed E-state index contributed by atoms with van der Waals surface area (Å²) in [7, 11) is 0. The molecule has 11 heteroatoms. The van der Waals surface area contributed by atoms with Gasteiger partial charge in [0, 0.05) is 31.2 Å². The Bertz CT molecular complexity index is 711. The lowest BCUT2D eigenvalue weighted by atomic mass is 10.1. The lowest BCUT2D eigenvalue weighted by molar-refractivity contribution is -0.153. The second-order valence-electron chi connectivity index (χ2n) is 6.81. The van der Waals surface area contributed by atoms with Gasteiger partial charge in [0.05, 0.1) is 13.2 Å². The highest BCUT2D eigenvalue weighted by Gasteiger charge is 2.29. The fourth-order valence-corrected chi connectivity index (χ4v) is 3.03. The van der Waals surface area contributed by atoms with Crippen molar-refractivity contribution in [2.75, 3.05) is 32.8 Å². The zero-order valence-corrected chi connectivity index (χ0v) is 20.0. The van der Waals surface area contributed by atoms with E-state index in [0.717, 1.165) is 12.8 Å². The maximum absolute atomic E-state index is 12.5. The van der Waals surface area contributed by atoms with Crippen molar-refractivity contribution in [2.45, 2.75) is 45.5 Å². The quantitative estimate of drug-likeness (QED) is 0.302. The van der Waals surface area contributed by atoms with Gasteiger partial charge in [-0.25, -0.2) is 9.79 Å². The van der Waals surface area contributed by atoms with E-state index < -0.39 is 12.8 Å². The maximum Gasteiger partial charge on any atom is 0.422 e. The number of hydrogen-bond acceptors (Lipinski definition) is 4. The molecule has 0 unspecified atom stereocenters. The monoisotopic (exact) mass is 558 g/mol. The Labute approximate surface area is 197 Å². The number of hydrogen-bond donors (Lipinski definition) is 2. The van der Waals surface area contributed by atoms with Gasteiger partial charge in [-0.15, -0.1) is 24.0 Å². The molecular formula is C20H30F3IN4O3. The van der Waals surface area contributed by atoms with Gasteiger partial charge in [-0.05, 0) is 32.8 Å². The normalized spacial score (nSPS) is 15.1. The molecule has 1 aliphatic heterocycles. The highest BCUT2D eigenvalue weighted by atomic mass is 127. The number of amides is 1. The molecule has 0 saturated carbocycles. The molecule has 2 rings (SSSR count). The summed E-state index contributed by atoms with van der Waals surface area (Å²) in [5.74, 6) is 0.731. The molecule has 2 N–H and O–H groups in total. The molecule has 0 bridgehead atoms. The van der Waals surface area contributed by atoms with Crippen LogP contribution < -0.4 is 15.4 Å². The number of aliphatic imine (C=N–C) groups is 1. The minimum atomic E-state index is -4.40. The number of alkyl halides is 3. The summed E-state index contributed by atoms with van der Waals surface area (Å²) in [5, 5.41) is 6.48. The van der Waals surface area contributed by atoms with Crippen molar-refractivity contribution in [1.82, 2.24) is 15.5 Å². The average molecular weight is 558 g/mol. The third-order valence-electron chi connectivity index (χ3n) is 4.48. The fraction of sp³-hybridized carbons (Fsp3) is 0.600. The van der Waals surface area contributed by atoms with Crippen molar-refractivity contribution in [3.05, 3.63) is 29.8 Å². The summed E-state index contributed by atoms with van der Waals surface area (Å²) in [6.07, 6.45) is -3.21. The molecule has 31 heavy (non-hydrogen) atoms. The zero-order chi connectivity index (χ0) is 22.0. The highest BCUT2D eigenvalue weighted by molar-refractivity contribution is 14.0. The molecular weight excluding hydrogens is 528 g/mol. The van der Waals surface area contributed by atoms with Gasteiger partial charge >= 0.3 is 12.3 Å². The van der Waals surface area contributed by atoms with Gasteiger partial charge in [-0.1, -0.05) is 18.2 Å². The predicted molar refractivity (Wildman–Crippen MR) is 123 cm³/mol. The van der Waals surface area contributed by atoms with E-state index in [-0.39, 0.29) is 48.4 Å². The Morgan fingerprint density at radius 3 is 2.52 bits per heavy atom. The van der Waals surface area contributed by atoms with E-state index in [2.05, 4.69) is 15.6 Å². The van der Waals surface area contributed by atoms with Gasteiger partial charge < -0.3 is 25.0 Å². The Kier molecular flexibility index (Phi) is 11.8. The minimum absolute atomic E-state index is 0. The van der Waals surface area contributed by atoms with Crippen LogP contribution in [0.3, 0.4) is 0 Å². The first-order chi connectivity index (χ1) is 14.3. The number of ether oxygens (including phenoxy) is 2. The molecule has 1 amide bonds. The van der Waals surface area contributed by atoms with Gasteiger partial charge in [0.2, 0.25) is 0 Å². The van der Waals surface area contributed by atoms with Crippen molar-refractivity contribution < 1.29 is 27.4 Å². The molecule has 7 nitrogen and oxygen atoms in total. The smallest absolute Gasteiger partial charge is 0.422 e. The Morgan fingerprint density at radius 2 is 1.90 bits per heavy atom. The molecule has 176 valence electrons. The topological polar surface area (TPSA) is 75.2 Å². The Morgan fingerprint density at radius 1 is 1.23 bits per heavy atom. The molecule has 0 radical (unpaired) electrons. The fourth-order valence-electron chi connectivity index (χ4n) is 3.03. The number of halogens is 4. The first-order valence-corrected chi connectivity index (χ1v) is 10.1. The van der Waals surface area contributed by atoms with E-state index in [0.29, 0.717) is 37.8 Å². The van der Waals surface area contributed by atoms with Crippen LogP contribution in [0.25, 0.3) is 0 Å². The van der Waals surface area contributed by atoms with Crippen molar-refractivity contribution in [1.29, 1.82) is 0 Å². The van der Waals surface area contributed by atoms with Crippen LogP contribution in [0.5, 0.6) is 5.75 Å². The highest BCUT2D eigenvalue weighted by Crippen LogP contribution is 2.22. The molecule has 0 atom stereocenters. The molecule has 1 aliphatic rings. The number of guanidine groups is 1. The van der Waals surface area contributed by atoms with Crippen LogP contribution in [0.2, 0.25) is 0 Å². The lowest BCUT2D eigenvalue weighted by Gasteiger charge is -2.32. The first kappa shape index (κ1) is 27.1. The van der Waals surface area contributed by atoms with Gasteiger partial charge in [-0.3, -0.25) is 0 Å². The molecule has 1 aromatic rings. The predicted octanol–water partition coefficient (Wildman–Crippen LogP) is 3.92. The summed E-state index contributed by atoms with van der Waals surface area (Å²) in [5.41, 5.74) is 0.566. The van der Waals surface area contributed by atoms with Crippen LogP contribution in [0.4, 0.5) is 18.0 Å². The summed E-state index contributed by atoms with van der Waals surface area (Å²) in [6, 6.07) is 6.68. The van der Waals surface area contributed by atoms with Crippen LogP contribution in [0.15, 0.2) is 29.3 Å². The third-order valence-corrected chi connectivity index (χ3v) is 4.48. The van der Waals surface area contributed by atoms with Gasteiger partial charge in [0.15, 0.2) is 12.6 Å². The number of nitrogens with zero attached hydrogens (tertiary/aromatic N) is 2. The largest absolute Gasteiger partial charge is 0.484 e. The second-order valence-corrected chi connectivity index (χ2v) is 6.81. The van der Waals surface area contributed by atoms with E-state index in [1.807, 2.05) is 6.92 Å². The first-order valence-electron chi connectivity index (χ1n) is 10.1. The van der Waals surface area contributed by atoms with Crippen molar-refractivity contribution in [2.24, 2.45) is 4.99 Å². The number of para-hydroxylation sites is 1. The molecule has 0 aliphatic carbocycles. The zero-order valence-electron chi connectivity index (χ0n) is 17.7. The SMILES string of the molecule is CCNC(=NCc1ccccc1OCC(F)(F)F)NC1CCN(C(=O)OCC)CC1.I. The van der Waals surface area contributed by atoms with E-state index in [1.165, 1.54) is 6.07 Å². The van der Waals surface area contributed by atoms with Gasteiger partial charge in [-0.2, -0.15) is 13.2 Å². The summed E-state index contributed by atoms with van der Waals surface area (Å²) >= 11 is 0. The van der Waals surface area contributed by atoms with Crippen molar-refractivity contribution in [3.63, 3.8) is 0 Å². The number of benzene rings is 1. The number of rotatable bonds is 7. The van der Waals surface area contributed by atoms with Crippen LogP contribution in [0, 0.1) is 0 Å². The van der Waals surface area contributed by atoms with Gasteiger partial charge in [0.25, 0.3) is 0 Å². The van der Waals surface area contributed by atoms with Crippen LogP contribution in [-0.2, 0) is 11.3 Å². The number of nitrogens with one attached hydrogen (secondary N) is 2. The van der Waals surface area contributed by atoms with Crippen LogP contribution in [-0.4, -0.2) is 62.0 Å². The summed E-state index contributed by atoms with van der Waals surface area (Å²) in [6.45, 7) is 4.70. The second kappa shape index (κ2) is 13.5. The number of carbonyl (C=O) groups excluding carboxylic acids is 1. The van der Waals surface area contributed by atoms with Crippen LogP contribution in [0.1, 0.15) is 32.3 Å². The number of carbonyl (C=O) groups is 1. The third kappa shape index (κ3) is 9.83. The van der Waals surface area contributed by atoms with Crippen LogP contribution >= 0.6 is 24.0 Å². The van der Waals surface area contributed by atoms with Crippen molar-refractivity contribution >= 4 is 36.0 Å². The number of likely N-dealkylation sites (tertiary alicyclic amines) is 1. The molecule has 1 heterocycles. The average Bonchev–Trinajstić information content (AvgIpc) is 2.71. The molecule has 1 aromatic carbocycles. The molecule has 0 spiro atoms. The Hall–Kier alpha value is -1.92. The maximum atomic E-state index is 12.5. The standard InChI is InChI=1S/C20H29F3N4O3.HI/c1-3-24-18(26-16-9-11-27(12-10-16)19(28)29-4-2)25-13-15-7-5-6-8-17(15)30-14-20(21,22)23;/h5-8,16H,3-4,9-14H2,1-2H3,(H2,24,25,26);1H. The van der Waals surface area contributed by atoms with E-state index in [1.54, 1.807) is 30.0 Å². The van der Waals surface area contributed by atoms with E-state index >= 15 is 0 Å². The lowest BCUT2D eigenvalue weighted by Crippen LogP contribution is -2.49. The molecule has 0 aromatic heterocycles. The molecule has 1 fully saturated rings. The van der Waals surface area contributed by atoms with Crippen molar-refractivity contribution in [3.8, 4) is 5.75 Å². The minimum Gasteiger partial charge on any atom is -0.484 e. The van der Waals surface area contributed by atoms with E-state index in [9.17, 15) is 18.0 Å². The van der Waals surface area contributed by atoms with Gasteiger partial charge in [0.1, 0.15) is 5.75 Å². The molecule has 1 saturated heterocycles.